The molecule has 0 unspecified atom stereocenters. The fourth-order valence-corrected chi connectivity index (χ4v) is 1.96. The zero-order valence-electron chi connectivity index (χ0n) is 8.69. The second kappa shape index (κ2) is 3.83. The largest absolute Gasteiger partial charge is 0.378 e. The molecule has 3 rings (SSSR count). The highest BCUT2D eigenvalue weighted by Gasteiger charge is 2.24. The first-order chi connectivity index (χ1) is 7.43. The van der Waals surface area contributed by atoms with Gasteiger partial charge in [-0.25, -0.2) is 0 Å². The number of anilines is 1. The van der Waals surface area contributed by atoms with Gasteiger partial charge in [0.05, 0.1) is 19.8 Å². The van der Waals surface area contributed by atoms with E-state index in [-0.39, 0.29) is 0 Å². The first kappa shape index (κ1) is 9.19. The van der Waals surface area contributed by atoms with E-state index < -0.39 is 0 Å². The van der Waals surface area contributed by atoms with E-state index in [2.05, 4.69) is 29.2 Å². The van der Waals surface area contributed by atoms with Gasteiger partial charge in [0.15, 0.2) is 0 Å². The summed E-state index contributed by atoms with van der Waals surface area (Å²) in [7, 11) is 0. The van der Waals surface area contributed by atoms with E-state index in [0.29, 0.717) is 6.10 Å². The van der Waals surface area contributed by atoms with Crippen LogP contribution in [0, 0.1) is 0 Å². The monoisotopic (exact) mass is 205 g/mol. The Morgan fingerprint density at radius 2 is 1.73 bits per heavy atom. The van der Waals surface area contributed by atoms with Crippen LogP contribution in [0.3, 0.4) is 0 Å². The number of morpholine rings is 1. The zero-order chi connectivity index (χ0) is 10.1. The van der Waals surface area contributed by atoms with Gasteiger partial charge in [0, 0.05) is 18.8 Å². The summed E-state index contributed by atoms with van der Waals surface area (Å²) < 4.78 is 10.6. The van der Waals surface area contributed by atoms with Crippen molar-refractivity contribution in [2.75, 3.05) is 37.8 Å². The number of hydrogen-bond acceptors (Lipinski definition) is 3. The third kappa shape index (κ3) is 1.98. The highest BCUT2D eigenvalue weighted by Crippen LogP contribution is 2.30. The van der Waals surface area contributed by atoms with Gasteiger partial charge in [-0.2, -0.15) is 0 Å². The molecule has 0 spiro atoms. The molecule has 2 aliphatic heterocycles. The average Bonchev–Trinajstić information content (AvgIpc) is 3.15. The molecule has 2 fully saturated rings. The van der Waals surface area contributed by atoms with Gasteiger partial charge in [0.25, 0.3) is 0 Å². The predicted octanol–water partition coefficient (Wildman–Crippen LogP) is 1.59. The molecule has 1 aromatic rings. The summed E-state index contributed by atoms with van der Waals surface area (Å²) in [6.45, 7) is 4.57. The standard InChI is InChI=1S/C12H15NO2/c1-3-11(13-5-7-14-8-6-13)4-2-10(1)12-9-15-12/h1-4,12H,5-9H2/t12-/m0/s1. The van der Waals surface area contributed by atoms with E-state index in [1.54, 1.807) is 0 Å². The molecule has 0 saturated carbocycles. The number of hydrogen-bond donors (Lipinski definition) is 0. The maximum Gasteiger partial charge on any atom is 0.106 e. The summed E-state index contributed by atoms with van der Waals surface area (Å²) in [5.41, 5.74) is 2.59. The third-order valence-corrected chi connectivity index (χ3v) is 2.97. The molecule has 80 valence electrons. The molecule has 0 N–H and O–H groups in total. The molecular weight excluding hydrogens is 190 g/mol. The fraction of sp³-hybridized carbons (Fsp3) is 0.500. The number of epoxide rings is 1. The van der Waals surface area contributed by atoms with Crippen molar-refractivity contribution in [3.8, 4) is 0 Å². The fourth-order valence-electron chi connectivity index (χ4n) is 1.96. The lowest BCUT2D eigenvalue weighted by Crippen LogP contribution is -2.36. The first-order valence-corrected chi connectivity index (χ1v) is 5.48. The number of benzene rings is 1. The lowest BCUT2D eigenvalue weighted by atomic mass is 10.1. The van der Waals surface area contributed by atoms with Crippen LogP contribution >= 0.6 is 0 Å². The quantitative estimate of drug-likeness (QED) is 0.685. The first-order valence-electron chi connectivity index (χ1n) is 5.48. The SMILES string of the molecule is c1cc(N2CCOCC2)ccc1[C@@H]1CO1. The normalized spacial score (nSPS) is 25.3. The van der Waals surface area contributed by atoms with Crippen LogP contribution in [-0.4, -0.2) is 32.9 Å². The smallest absolute Gasteiger partial charge is 0.106 e. The maximum atomic E-state index is 5.33. The molecule has 1 aromatic carbocycles. The molecule has 15 heavy (non-hydrogen) atoms. The lowest BCUT2D eigenvalue weighted by molar-refractivity contribution is 0.122. The van der Waals surface area contributed by atoms with Crippen LogP contribution in [0.25, 0.3) is 0 Å². The Labute approximate surface area is 89.6 Å². The lowest BCUT2D eigenvalue weighted by Gasteiger charge is -2.28. The van der Waals surface area contributed by atoms with Crippen molar-refractivity contribution in [3.63, 3.8) is 0 Å². The van der Waals surface area contributed by atoms with E-state index >= 15 is 0 Å². The Hall–Kier alpha value is -1.06. The minimum Gasteiger partial charge on any atom is -0.378 e. The zero-order valence-corrected chi connectivity index (χ0v) is 8.69. The summed E-state index contributed by atoms with van der Waals surface area (Å²) >= 11 is 0. The van der Waals surface area contributed by atoms with Crippen LogP contribution in [0.2, 0.25) is 0 Å². The average molecular weight is 205 g/mol. The van der Waals surface area contributed by atoms with Gasteiger partial charge in [0.1, 0.15) is 6.10 Å². The van der Waals surface area contributed by atoms with Crippen LogP contribution in [0.5, 0.6) is 0 Å². The molecule has 0 amide bonds. The summed E-state index contributed by atoms with van der Waals surface area (Å²) in [4.78, 5) is 2.36. The van der Waals surface area contributed by atoms with Crippen LogP contribution in [0.4, 0.5) is 5.69 Å². The van der Waals surface area contributed by atoms with Crippen molar-refractivity contribution >= 4 is 5.69 Å². The highest BCUT2D eigenvalue weighted by atomic mass is 16.6. The van der Waals surface area contributed by atoms with Gasteiger partial charge in [-0.05, 0) is 17.7 Å². The number of ether oxygens (including phenoxy) is 2. The topological polar surface area (TPSA) is 25.0 Å². The van der Waals surface area contributed by atoms with Crippen molar-refractivity contribution in [2.45, 2.75) is 6.10 Å². The van der Waals surface area contributed by atoms with Crippen LogP contribution < -0.4 is 4.90 Å². The third-order valence-electron chi connectivity index (χ3n) is 2.97. The van der Waals surface area contributed by atoms with E-state index in [9.17, 15) is 0 Å². The maximum absolute atomic E-state index is 5.33. The Bertz CT molecular complexity index is 326. The molecular formula is C12H15NO2. The van der Waals surface area contributed by atoms with Gasteiger partial charge in [-0.15, -0.1) is 0 Å². The highest BCUT2D eigenvalue weighted by molar-refractivity contribution is 5.48. The molecule has 1 atom stereocenters. The molecule has 2 aliphatic rings. The Balaban J connectivity index is 1.73. The minimum atomic E-state index is 0.365. The second-order valence-electron chi connectivity index (χ2n) is 4.01. The Morgan fingerprint density at radius 1 is 1.07 bits per heavy atom. The summed E-state index contributed by atoms with van der Waals surface area (Å²) in [5, 5.41) is 0. The van der Waals surface area contributed by atoms with E-state index in [1.165, 1.54) is 11.3 Å². The Kier molecular flexibility index (Phi) is 2.35. The summed E-state index contributed by atoms with van der Waals surface area (Å²) in [5.74, 6) is 0. The molecule has 2 heterocycles. The molecule has 0 aliphatic carbocycles. The van der Waals surface area contributed by atoms with Crippen molar-refractivity contribution in [2.24, 2.45) is 0 Å². The summed E-state index contributed by atoms with van der Waals surface area (Å²) in [6.07, 6.45) is 0.365. The summed E-state index contributed by atoms with van der Waals surface area (Å²) in [6, 6.07) is 8.70. The van der Waals surface area contributed by atoms with Crippen molar-refractivity contribution in [1.29, 1.82) is 0 Å². The molecule has 3 nitrogen and oxygen atoms in total. The van der Waals surface area contributed by atoms with Crippen molar-refractivity contribution in [1.82, 2.24) is 0 Å². The molecule has 3 heteroatoms. The van der Waals surface area contributed by atoms with Gasteiger partial charge in [-0.1, -0.05) is 12.1 Å². The minimum absolute atomic E-state index is 0.365. The predicted molar refractivity (Wildman–Crippen MR) is 58.2 cm³/mol. The van der Waals surface area contributed by atoms with Gasteiger partial charge >= 0.3 is 0 Å². The van der Waals surface area contributed by atoms with Gasteiger partial charge in [0.2, 0.25) is 0 Å². The van der Waals surface area contributed by atoms with Crippen LogP contribution in [0.15, 0.2) is 24.3 Å². The number of nitrogens with zero attached hydrogens (tertiary/aromatic N) is 1. The molecule has 0 aromatic heterocycles. The van der Waals surface area contributed by atoms with Gasteiger partial charge < -0.3 is 14.4 Å². The van der Waals surface area contributed by atoms with Crippen LogP contribution in [0.1, 0.15) is 11.7 Å². The van der Waals surface area contributed by atoms with Crippen molar-refractivity contribution in [3.05, 3.63) is 29.8 Å². The van der Waals surface area contributed by atoms with Crippen molar-refractivity contribution < 1.29 is 9.47 Å². The Morgan fingerprint density at radius 3 is 2.33 bits per heavy atom. The van der Waals surface area contributed by atoms with E-state index in [0.717, 1.165) is 32.9 Å². The van der Waals surface area contributed by atoms with Crippen LogP contribution in [-0.2, 0) is 9.47 Å². The van der Waals surface area contributed by atoms with E-state index in [4.69, 9.17) is 9.47 Å². The molecule has 0 radical (unpaired) electrons. The molecule has 2 saturated heterocycles. The van der Waals surface area contributed by atoms with Gasteiger partial charge in [-0.3, -0.25) is 0 Å². The second-order valence-corrected chi connectivity index (χ2v) is 4.01. The van der Waals surface area contributed by atoms with E-state index in [1.807, 2.05) is 0 Å². The number of rotatable bonds is 2. The molecule has 0 bridgehead atoms.